The fourth-order valence-electron chi connectivity index (χ4n) is 3.32. The van der Waals surface area contributed by atoms with Gasteiger partial charge in [-0.1, -0.05) is 38.5 Å². The summed E-state index contributed by atoms with van der Waals surface area (Å²) in [6.45, 7) is 1.24. The lowest BCUT2D eigenvalue weighted by molar-refractivity contribution is -0.0429. The minimum absolute atomic E-state index is 0.0312. The van der Waals surface area contributed by atoms with Crippen LogP contribution in [0.25, 0.3) is 0 Å². The number of aliphatic hydroxyl groups is 2. The van der Waals surface area contributed by atoms with Crippen molar-refractivity contribution in [2.45, 2.75) is 63.6 Å². The first kappa shape index (κ1) is 24.5. The Balaban J connectivity index is 1.53. The molecule has 2 atom stereocenters. The van der Waals surface area contributed by atoms with Crippen molar-refractivity contribution in [3.8, 4) is 0 Å². The van der Waals surface area contributed by atoms with Gasteiger partial charge in [0.15, 0.2) is 0 Å². The predicted octanol–water partition coefficient (Wildman–Crippen LogP) is 3.10. The van der Waals surface area contributed by atoms with Gasteiger partial charge in [0, 0.05) is 13.2 Å². The van der Waals surface area contributed by atoms with Crippen molar-refractivity contribution in [2.24, 2.45) is 5.92 Å². The van der Waals surface area contributed by atoms with Gasteiger partial charge in [-0.05, 0) is 42.0 Å². The highest BCUT2D eigenvalue weighted by Crippen LogP contribution is 2.22. The molecular weight excluding hydrogens is 419 g/mol. The van der Waals surface area contributed by atoms with Crippen molar-refractivity contribution < 1.29 is 19.7 Å². The fourth-order valence-corrected chi connectivity index (χ4v) is 3.68. The van der Waals surface area contributed by atoms with E-state index in [0.717, 1.165) is 0 Å². The molecule has 0 bridgehead atoms. The molecule has 3 N–H and O–H groups in total. The topological polar surface area (TPSA) is 110 Å². The highest BCUT2D eigenvalue weighted by molar-refractivity contribution is 6.31. The Hall–Kier alpha value is -0.770. The molecule has 2 rings (SSSR count). The number of nitrogens with zero attached hydrogens (tertiary/aromatic N) is 3. The zero-order valence-corrected chi connectivity index (χ0v) is 18.2. The van der Waals surface area contributed by atoms with E-state index in [9.17, 15) is 10.2 Å². The van der Waals surface area contributed by atoms with Gasteiger partial charge in [0.05, 0.1) is 25.9 Å². The van der Waals surface area contributed by atoms with Gasteiger partial charge < -0.3 is 25.0 Å². The van der Waals surface area contributed by atoms with E-state index < -0.39 is 12.2 Å². The number of ether oxygens (including phenoxy) is 2. The molecule has 0 amide bonds. The van der Waals surface area contributed by atoms with Crippen molar-refractivity contribution in [3.05, 3.63) is 10.6 Å². The molecule has 29 heavy (non-hydrogen) atoms. The number of hydrogen-bond donors (Lipinski definition) is 3. The van der Waals surface area contributed by atoms with E-state index in [-0.39, 0.29) is 42.9 Å². The van der Waals surface area contributed by atoms with Gasteiger partial charge in [-0.25, -0.2) is 0 Å². The van der Waals surface area contributed by atoms with Crippen LogP contribution >= 0.6 is 23.2 Å². The van der Waals surface area contributed by atoms with Crippen molar-refractivity contribution in [1.29, 1.82) is 0 Å². The van der Waals surface area contributed by atoms with E-state index >= 15 is 0 Å². The maximum atomic E-state index is 10.0. The summed E-state index contributed by atoms with van der Waals surface area (Å²) >= 11 is 11.4. The number of aromatic nitrogens is 3. The Morgan fingerprint density at radius 3 is 2.03 bits per heavy atom. The van der Waals surface area contributed by atoms with E-state index in [2.05, 4.69) is 20.3 Å². The minimum Gasteiger partial charge on any atom is -0.389 e. The van der Waals surface area contributed by atoms with Gasteiger partial charge in [0.25, 0.3) is 0 Å². The third kappa shape index (κ3) is 11.3. The maximum absolute atomic E-state index is 10.0. The number of rotatable bonds is 11. The van der Waals surface area contributed by atoms with Crippen LogP contribution in [0.1, 0.15) is 51.4 Å². The van der Waals surface area contributed by atoms with Crippen LogP contribution in [0.15, 0.2) is 0 Å². The van der Waals surface area contributed by atoms with Crippen LogP contribution in [-0.4, -0.2) is 70.3 Å². The van der Waals surface area contributed by atoms with Crippen LogP contribution < -0.4 is 5.32 Å². The molecule has 10 heteroatoms. The first-order valence-electron chi connectivity index (χ1n) is 10.4. The van der Waals surface area contributed by atoms with Crippen molar-refractivity contribution in [3.63, 3.8) is 0 Å². The first-order chi connectivity index (χ1) is 14.0. The summed E-state index contributed by atoms with van der Waals surface area (Å²) in [4.78, 5) is 11.3. The van der Waals surface area contributed by atoms with E-state index in [4.69, 9.17) is 32.7 Å². The number of hydrogen-bond acceptors (Lipinski definition) is 8. The van der Waals surface area contributed by atoms with Gasteiger partial charge in [0.2, 0.25) is 16.5 Å². The van der Waals surface area contributed by atoms with Gasteiger partial charge in [0.1, 0.15) is 6.10 Å². The van der Waals surface area contributed by atoms with Crippen LogP contribution in [0.4, 0.5) is 5.95 Å². The van der Waals surface area contributed by atoms with Gasteiger partial charge in [-0.2, -0.15) is 15.0 Å². The van der Waals surface area contributed by atoms with E-state index in [1.54, 1.807) is 0 Å². The molecular formula is C19H32Cl2N4O4. The summed E-state index contributed by atoms with van der Waals surface area (Å²) in [5.74, 6) is 0.763. The third-order valence-electron chi connectivity index (χ3n) is 4.84. The number of anilines is 1. The van der Waals surface area contributed by atoms with Crippen molar-refractivity contribution in [1.82, 2.24) is 15.0 Å². The van der Waals surface area contributed by atoms with Gasteiger partial charge in [-0.3, -0.25) is 0 Å². The Morgan fingerprint density at radius 1 is 0.828 bits per heavy atom. The molecule has 0 aliphatic heterocycles. The van der Waals surface area contributed by atoms with E-state index in [1.165, 1.54) is 51.4 Å². The molecule has 2 unspecified atom stereocenters. The lowest BCUT2D eigenvalue weighted by Crippen LogP contribution is -2.29. The Kier molecular flexibility index (Phi) is 12.1. The molecule has 1 aromatic heterocycles. The normalized spacial score (nSPS) is 18.5. The molecule has 0 radical (unpaired) electrons. The van der Waals surface area contributed by atoms with Crippen LogP contribution in [-0.2, 0) is 9.47 Å². The van der Waals surface area contributed by atoms with Crippen LogP contribution in [0, 0.1) is 5.92 Å². The standard InChI is InChI=1S/C19H32Cl2N4O4/c20-17-23-18(21)25-19(24-17)22-9-15(26)11-29-13-16(27)12-28-10-14-7-5-3-1-2-4-6-8-14/h14-16,26-27H,1-13H2,(H,22,23,24,25). The van der Waals surface area contributed by atoms with E-state index in [0.29, 0.717) is 12.5 Å². The van der Waals surface area contributed by atoms with Crippen molar-refractivity contribution in [2.75, 3.05) is 38.3 Å². The molecule has 1 fully saturated rings. The Labute approximate surface area is 182 Å². The largest absolute Gasteiger partial charge is 0.389 e. The summed E-state index contributed by atoms with van der Waals surface area (Å²) in [6, 6.07) is 0. The fraction of sp³-hybridized carbons (Fsp3) is 0.842. The monoisotopic (exact) mass is 450 g/mol. The summed E-state index contributed by atoms with van der Waals surface area (Å²) in [6.07, 6.45) is 8.78. The molecule has 166 valence electrons. The molecule has 0 spiro atoms. The predicted molar refractivity (Wildman–Crippen MR) is 112 cm³/mol. The van der Waals surface area contributed by atoms with E-state index in [1.807, 2.05) is 0 Å². The minimum atomic E-state index is -0.809. The second-order valence-corrected chi connectivity index (χ2v) is 8.20. The summed E-state index contributed by atoms with van der Waals surface area (Å²) in [7, 11) is 0. The number of halogens is 2. The quantitative estimate of drug-likeness (QED) is 0.471. The Bertz CT molecular complexity index is 555. The van der Waals surface area contributed by atoms with Crippen LogP contribution in [0.5, 0.6) is 0 Å². The third-order valence-corrected chi connectivity index (χ3v) is 5.17. The van der Waals surface area contributed by atoms with Crippen LogP contribution in [0.3, 0.4) is 0 Å². The zero-order chi connectivity index (χ0) is 20.9. The molecule has 1 heterocycles. The molecule has 1 saturated carbocycles. The number of nitrogens with one attached hydrogen (secondary N) is 1. The smallest absolute Gasteiger partial charge is 0.228 e. The summed E-state index contributed by atoms with van der Waals surface area (Å²) in [5.41, 5.74) is 0. The SMILES string of the molecule is OC(CNc1nc(Cl)nc(Cl)n1)COCC(O)COCC1CCCCCCCC1. The second kappa shape index (κ2) is 14.3. The summed E-state index contributed by atoms with van der Waals surface area (Å²) < 4.78 is 11.1. The molecule has 1 aliphatic rings. The lowest BCUT2D eigenvalue weighted by Gasteiger charge is -2.18. The van der Waals surface area contributed by atoms with Gasteiger partial charge >= 0.3 is 0 Å². The molecule has 0 saturated heterocycles. The summed E-state index contributed by atoms with van der Waals surface area (Å²) in [5, 5.41) is 22.7. The molecule has 0 aromatic carbocycles. The lowest BCUT2D eigenvalue weighted by atomic mass is 9.98. The Morgan fingerprint density at radius 2 is 1.38 bits per heavy atom. The highest BCUT2D eigenvalue weighted by Gasteiger charge is 2.13. The molecule has 8 nitrogen and oxygen atoms in total. The van der Waals surface area contributed by atoms with Crippen LogP contribution in [0.2, 0.25) is 10.6 Å². The molecule has 1 aliphatic carbocycles. The number of aliphatic hydroxyl groups excluding tert-OH is 2. The van der Waals surface area contributed by atoms with Crippen molar-refractivity contribution >= 4 is 29.2 Å². The second-order valence-electron chi connectivity index (χ2n) is 7.53. The first-order valence-corrected chi connectivity index (χ1v) is 11.1. The average molecular weight is 451 g/mol. The zero-order valence-electron chi connectivity index (χ0n) is 16.7. The molecule has 1 aromatic rings. The average Bonchev–Trinajstić information content (AvgIpc) is 2.80. The highest BCUT2D eigenvalue weighted by atomic mass is 35.5. The van der Waals surface area contributed by atoms with Gasteiger partial charge in [-0.15, -0.1) is 0 Å². The maximum Gasteiger partial charge on any atom is 0.228 e.